The molecule has 0 radical (unpaired) electrons. The molecule has 1 heterocycles. The lowest BCUT2D eigenvalue weighted by atomic mass is 10.2. The van der Waals surface area contributed by atoms with Crippen LogP contribution in [0.25, 0.3) is 0 Å². The summed E-state index contributed by atoms with van der Waals surface area (Å²) in [6, 6.07) is 10.9. The van der Waals surface area contributed by atoms with E-state index in [1.165, 1.54) is 6.07 Å². The summed E-state index contributed by atoms with van der Waals surface area (Å²) in [7, 11) is 0. The van der Waals surface area contributed by atoms with Crippen LogP contribution in [0, 0.1) is 10.1 Å². The first kappa shape index (κ1) is 12.8. The van der Waals surface area contributed by atoms with Crippen molar-refractivity contribution >= 4 is 21.8 Å². The highest BCUT2D eigenvalue weighted by atomic mass is 79.9. The van der Waals surface area contributed by atoms with Gasteiger partial charge in [0, 0.05) is 11.0 Å². The summed E-state index contributed by atoms with van der Waals surface area (Å²) in [5.74, 6) is 0.328. The van der Waals surface area contributed by atoms with Crippen molar-refractivity contribution in [3.8, 4) is 0 Å². The minimum Gasteiger partial charge on any atom is -0.404 e. The van der Waals surface area contributed by atoms with Gasteiger partial charge >= 0.3 is 5.88 Å². The Morgan fingerprint density at radius 3 is 2.50 bits per heavy atom. The predicted molar refractivity (Wildman–Crippen MR) is 70.0 cm³/mol. The van der Waals surface area contributed by atoms with Crippen LogP contribution in [0.5, 0.6) is 0 Å². The molecule has 0 unspecified atom stereocenters. The zero-order valence-corrected chi connectivity index (χ0v) is 11.0. The summed E-state index contributed by atoms with van der Waals surface area (Å²) in [4.78, 5) is 9.88. The molecule has 0 aliphatic rings. The number of hydrogen-bond acceptors (Lipinski definition) is 4. The maximum atomic E-state index is 10.4. The standard InChI is InChI=1S/C12H11BrN2O3/c13-10-3-1-9(2-4-10)7-14-8-11-5-6-12(18-11)15(16)17/h1-6,14H,7-8H2. The SMILES string of the molecule is O=[N+]([O-])c1ccc(CNCc2ccc(Br)cc2)o1. The first-order chi connectivity index (χ1) is 8.65. The summed E-state index contributed by atoms with van der Waals surface area (Å²) >= 11 is 3.37. The second-order valence-corrected chi connectivity index (χ2v) is 4.64. The number of nitro groups is 1. The Morgan fingerprint density at radius 2 is 1.89 bits per heavy atom. The molecule has 0 atom stereocenters. The Morgan fingerprint density at radius 1 is 1.17 bits per heavy atom. The molecule has 0 aliphatic heterocycles. The third kappa shape index (κ3) is 3.41. The van der Waals surface area contributed by atoms with Crippen LogP contribution in [0.4, 0.5) is 5.88 Å². The van der Waals surface area contributed by atoms with Gasteiger partial charge in [0.15, 0.2) is 0 Å². The summed E-state index contributed by atoms with van der Waals surface area (Å²) in [6.45, 7) is 1.14. The Bertz CT molecular complexity index is 537. The molecule has 0 saturated carbocycles. The van der Waals surface area contributed by atoms with Crippen molar-refractivity contribution in [1.82, 2.24) is 5.32 Å². The molecular weight excluding hydrogens is 300 g/mol. The number of furan rings is 1. The van der Waals surface area contributed by atoms with Gasteiger partial charge < -0.3 is 9.73 Å². The van der Waals surface area contributed by atoms with Gasteiger partial charge in [0.25, 0.3) is 0 Å². The minimum atomic E-state index is -0.543. The van der Waals surface area contributed by atoms with Crippen LogP contribution in [-0.4, -0.2) is 4.92 Å². The van der Waals surface area contributed by atoms with E-state index < -0.39 is 4.92 Å². The molecule has 2 rings (SSSR count). The van der Waals surface area contributed by atoms with Gasteiger partial charge in [-0.05, 0) is 23.8 Å². The quantitative estimate of drug-likeness (QED) is 0.680. The van der Waals surface area contributed by atoms with Gasteiger partial charge in [-0.15, -0.1) is 0 Å². The molecule has 0 fully saturated rings. The highest BCUT2D eigenvalue weighted by Gasteiger charge is 2.10. The number of halogens is 1. The molecule has 1 aromatic heterocycles. The maximum Gasteiger partial charge on any atom is 0.433 e. The number of nitrogens with one attached hydrogen (secondary N) is 1. The number of nitrogens with zero attached hydrogens (tertiary/aromatic N) is 1. The van der Waals surface area contributed by atoms with Crippen LogP contribution in [0.1, 0.15) is 11.3 Å². The topological polar surface area (TPSA) is 68.3 Å². The van der Waals surface area contributed by atoms with Gasteiger partial charge in [0.05, 0.1) is 12.6 Å². The molecule has 0 saturated heterocycles. The Hall–Kier alpha value is -1.66. The number of hydrogen-bond donors (Lipinski definition) is 1. The molecule has 0 aliphatic carbocycles. The van der Waals surface area contributed by atoms with Crippen molar-refractivity contribution < 1.29 is 9.34 Å². The van der Waals surface area contributed by atoms with E-state index >= 15 is 0 Å². The fraction of sp³-hybridized carbons (Fsp3) is 0.167. The van der Waals surface area contributed by atoms with Crippen LogP contribution < -0.4 is 5.32 Å². The van der Waals surface area contributed by atoms with Crippen molar-refractivity contribution in [2.45, 2.75) is 13.1 Å². The van der Waals surface area contributed by atoms with Crippen LogP contribution >= 0.6 is 15.9 Å². The van der Waals surface area contributed by atoms with Gasteiger partial charge in [-0.3, -0.25) is 10.1 Å². The van der Waals surface area contributed by atoms with Crippen molar-refractivity contribution in [2.75, 3.05) is 0 Å². The normalized spacial score (nSPS) is 10.5. The summed E-state index contributed by atoms with van der Waals surface area (Å²) in [6.07, 6.45) is 0. The predicted octanol–water partition coefficient (Wildman–Crippen LogP) is 3.24. The highest BCUT2D eigenvalue weighted by molar-refractivity contribution is 9.10. The van der Waals surface area contributed by atoms with E-state index in [1.807, 2.05) is 24.3 Å². The molecule has 1 aromatic carbocycles. The van der Waals surface area contributed by atoms with Crippen molar-refractivity contribution in [1.29, 1.82) is 0 Å². The van der Waals surface area contributed by atoms with E-state index in [0.29, 0.717) is 18.8 Å². The second kappa shape index (κ2) is 5.79. The molecule has 6 heteroatoms. The van der Waals surface area contributed by atoms with Gasteiger partial charge in [-0.1, -0.05) is 28.1 Å². The smallest absolute Gasteiger partial charge is 0.404 e. The van der Waals surface area contributed by atoms with Crippen LogP contribution in [0.15, 0.2) is 45.3 Å². The maximum absolute atomic E-state index is 10.4. The molecule has 18 heavy (non-hydrogen) atoms. The van der Waals surface area contributed by atoms with Crippen LogP contribution in [0.2, 0.25) is 0 Å². The van der Waals surface area contributed by atoms with Crippen LogP contribution in [0.3, 0.4) is 0 Å². The lowest BCUT2D eigenvalue weighted by Gasteiger charge is -2.02. The van der Waals surface area contributed by atoms with Crippen molar-refractivity contribution in [2.24, 2.45) is 0 Å². The molecule has 5 nitrogen and oxygen atoms in total. The average molecular weight is 311 g/mol. The second-order valence-electron chi connectivity index (χ2n) is 3.73. The third-order valence-electron chi connectivity index (χ3n) is 2.37. The molecule has 1 N–H and O–H groups in total. The Balaban J connectivity index is 1.84. The summed E-state index contributed by atoms with van der Waals surface area (Å²) < 4.78 is 6.07. The van der Waals surface area contributed by atoms with Crippen molar-refractivity contribution in [3.05, 3.63) is 62.3 Å². The minimum absolute atomic E-state index is 0.226. The zero-order chi connectivity index (χ0) is 13.0. The highest BCUT2D eigenvalue weighted by Crippen LogP contribution is 2.15. The largest absolute Gasteiger partial charge is 0.433 e. The summed E-state index contributed by atoms with van der Waals surface area (Å²) in [5.41, 5.74) is 1.14. The van der Waals surface area contributed by atoms with Crippen LogP contribution in [-0.2, 0) is 13.1 Å². The van der Waals surface area contributed by atoms with E-state index in [9.17, 15) is 10.1 Å². The first-order valence-electron chi connectivity index (χ1n) is 5.33. The molecule has 0 bridgehead atoms. The van der Waals surface area contributed by atoms with E-state index in [-0.39, 0.29) is 5.88 Å². The van der Waals surface area contributed by atoms with Gasteiger partial charge in [0.1, 0.15) is 10.7 Å². The van der Waals surface area contributed by atoms with Gasteiger partial charge in [-0.2, -0.15) is 0 Å². The number of rotatable bonds is 5. The Labute approximate surface area is 112 Å². The Kier molecular flexibility index (Phi) is 4.11. The fourth-order valence-electron chi connectivity index (χ4n) is 1.49. The van der Waals surface area contributed by atoms with Gasteiger partial charge in [-0.25, -0.2) is 0 Å². The molecule has 94 valence electrons. The lowest BCUT2D eigenvalue weighted by Crippen LogP contribution is -2.11. The molecular formula is C12H11BrN2O3. The zero-order valence-electron chi connectivity index (χ0n) is 9.43. The lowest BCUT2D eigenvalue weighted by molar-refractivity contribution is -0.402. The van der Waals surface area contributed by atoms with E-state index in [0.717, 1.165) is 10.0 Å². The van der Waals surface area contributed by atoms with E-state index in [2.05, 4.69) is 21.2 Å². The van der Waals surface area contributed by atoms with Crippen molar-refractivity contribution in [3.63, 3.8) is 0 Å². The fourth-order valence-corrected chi connectivity index (χ4v) is 1.76. The average Bonchev–Trinajstić information content (AvgIpc) is 2.81. The van der Waals surface area contributed by atoms with E-state index in [1.54, 1.807) is 6.07 Å². The molecule has 2 aromatic rings. The third-order valence-corrected chi connectivity index (χ3v) is 2.90. The molecule has 0 spiro atoms. The number of benzene rings is 1. The molecule has 0 amide bonds. The van der Waals surface area contributed by atoms with Gasteiger partial charge in [0.2, 0.25) is 0 Å². The summed E-state index contributed by atoms with van der Waals surface area (Å²) in [5, 5.41) is 13.6. The monoisotopic (exact) mass is 310 g/mol. The van der Waals surface area contributed by atoms with E-state index in [4.69, 9.17) is 4.42 Å². The first-order valence-corrected chi connectivity index (χ1v) is 6.13.